The van der Waals surface area contributed by atoms with Crippen LogP contribution in [0.5, 0.6) is 5.75 Å². The standard InChI is InChI=1S/C38H34ClF2N3O5/c39-21-11-9-20(10-12-21)38-29(35(47)44(37(38)49)42-23-15-13-22(40)14-16-23)19-28-25(32(38)27-7-4-8-30(41)33(27)45)17-18-26-31(28)36(48)43(34(26)46)24-5-2-1-3-6-24/h4,7-17,24,26,28-29,31-32,42,45H,1-3,5-6,18-19H2/t26-,28+,29-,31-,32+,38+/m0/s1. The van der Waals surface area contributed by atoms with Gasteiger partial charge >= 0.3 is 0 Å². The van der Waals surface area contributed by atoms with Crippen molar-refractivity contribution in [3.63, 3.8) is 0 Å². The fraction of sp³-hybridized carbons (Fsp3) is 0.368. The maximum absolute atomic E-state index is 15.2. The number of phenolic OH excluding ortho intramolecular Hbond substituents is 1. The summed E-state index contributed by atoms with van der Waals surface area (Å²) < 4.78 is 29.0. The number of nitrogens with one attached hydrogen (secondary N) is 1. The Balaban J connectivity index is 1.32. The number of fused-ring (bicyclic) bond motifs is 4. The van der Waals surface area contributed by atoms with Crippen molar-refractivity contribution in [3.8, 4) is 5.75 Å². The van der Waals surface area contributed by atoms with E-state index >= 15 is 9.18 Å². The second-order valence-corrected chi connectivity index (χ2v) is 14.3. The summed E-state index contributed by atoms with van der Waals surface area (Å²) in [5.74, 6) is -7.96. The van der Waals surface area contributed by atoms with Crippen LogP contribution in [0, 0.1) is 35.3 Å². The molecule has 3 aliphatic carbocycles. The highest BCUT2D eigenvalue weighted by Gasteiger charge is 2.70. The van der Waals surface area contributed by atoms with Gasteiger partial charge in [0.25, 0.3) is 11.8 Å². The summed E-state index contributed by atoms with van der Waals surface area (Å²) in [6, 6.07) is 15.7. The van der Waals surface area contributed by atoms with Gasteiger partial charge in [0.2, 0.25) is 11.8 Å². The first-order chi connectivity index (χ1) is 23.6. The zero-order valence-corrected chi connectivity index (χ0v) is 27.2. The lowest BCUT2D eigenvalue weighted by atomic mass is 9.49. The van der Waals surface area contributed by atoms with E-state index in [4.69, 9.17) is 11.6 Å². The average Bonchev–Trinajstić information content (AvgIpc) is 3.48. The molecule has 5 aliphatic rings. The van der Waals surface area contributed by atoms with Gasteiger partial charge in [-0.3, -0.25) is 29.5 Å². The molecule has 4 amide bonds. The van der Waals surface area contributed by atoms with Crippen molar-refractivity contribution in [2.75, 3.05) is 5.43 Å². The van der Waals surface area contributed by atoms with Gasteiger partial charge in [-0.15, -0.1) is 0 Å². The van der Waals surface area contributed by atoms with E-state index in [1.54, 1.807) is 24.3 Å². The van der Waals surface area contributed by atoms with Gasteiger partial charge in [0.1, 0.15) is 5.82 Å². The Labute approximate surface area is 286 Å². The van der Waals surface area contributed by atoms with Crippen molar-refractivity contribution in [2.24, 2.45) is 23.7 Å². The summed E-state index contributed by atoms with van der Waals surface area (Å²) in [6.07, 6.45) is 6.60. The molecule has 2 N–H and O–H groups in total. The van der Waals surface area contributed by atoms with Crippen LogP contribution in [0.2, 0.25) is 5.02 Å². The molecule has 4 fully saturated rings. The van der Waals surface area contributed by atoms with Gasteiger partial charge in [0.15, 0.2) is 11.6 Å². The predicted molar refractivity (Wildman–Crippen MR) is 176 cm³/mol. The van der Waals surface area contributed by atoms with Gasteiger partial charge in [-0.05, 0) is 79.6 Å². The van der Waals surface area contributed by atoms with Gasteiger partial charge in [-0.25, -0.2) is 8.78 Å². The van der Waals surface area contributed by atoms with Crippen LogP contribution in [-0.4, -0.2) is 44.7 Å². The Morgan fingerprint density at radius 3 is 2.27 bits per heavy atom. The molecule has 8 rings (SSSR count). The molecule has 8 nitrogen and oxygen atoms in total. The molecule has 0 bridgehead atoms. The van der Waals surface area contributed by atoms with Crippen LogP contribution in [0.3, 0.4) is 0 Å². The fourth-order valence-corrected chi connectivity index (χ4v) is 9.61. The maximum Gasteiger partial charge on any atom is 0.260 e. The van der Waals surface area contributed by atoms with E-state index in [1.165, 1.54) is 41.3 Å². The average molecular weight is 686 g/mol. The summed E-state index contributed by atoms with van der Waals surface area (Å²) in [7, 11) is 0. The lowest BCUT2D eigenvalue weighted by Gasteiger charge is -2.50. The molecule has 49 heavy (non-hydrogen) atoms. The van der Waals surface area contributed by atoms with Crippen LogP contribution in [-0.2, 0) is 24.6 Å². The lowest BCUT2D eigenvalue weighted by Crippen LogP contribution is -2.53. The number of para-hydroxylation sites is 1. The second kappa shape index (κ2) is 11.8. The molecule has 11 heteroatoms. The van der Waals surface area contributed by atoms with Crippen molar-refractivity contribution in [1.29, 1.82) is 0 Å². The molecule has 0 aromatic heterocycles. The number of allylic oxidation sites excluding steroid dienone is 2. The highest BCUT2D eigenvalue weighted by molar-refractivity contribution is 6.30. The van der Waals surface area contributed by atoms with E-state index < -0.39 is 64.2 Å². The number of hydrogen-bond donors (Lipinski definition) is 2. The highest BCUT2D eigenvalue weighted by Crippen LogP contribution is 2.65. The van der Waals surface area contributed by atoms with Crippen molar-refractivity contribution < 1.29 is 33.1 Å². The number of carbonyl (C=O) groups excluding carboxylic acids is 4. The first-order valence-corrected chi connectivity index (χ1v) is 17.2. The summed E-state index contributed by atoms with van der Waals surface area (Å²) >= 11 is 6.30. The Morgan fingerprint density at radius 2 is 1.55 bits per heavy atom. The number of rotatable bonds is 5. The molecule has 0 radical (unpaired) electrons. The molecule has 0 spiro atoms. The molecule has 0 unspecified atom stereocenters. The van der Waals surface area contributed by atoms with E-state index in [9.17, 15) is 23.9 Å². The number of phenols is 1. The normalized spacial score (nSPS) is 29.9. The van der Waals surface area contributed by atoms with Crippen molar-refractivity contribution >= 4 is 40.9 Å². The quantitative estimate of drug-likeness (QED) is 0.230. The van der Waals surface area contributed by atoms with Crippen LogP contribution < -0.4 is 5.43 Å². The predicted octanol–water partition coefficient (Wildman–Crippen LogP) is 6.64. The van der Waals surface area contributed by atoms with Crippen LogP contribution in [0.4, 0.5) is 14.5 Å². The van der Waals surface area contributed by atoms with Crippen LogP contribution in [0.25, 0.3) is 0 Å². The van der Waals surface area contributed by atoms with E-state index in [-0.39, 0.29) is 41.9 Å². The minimum atomic E-state index is -1.70. The monoisotopic (exact) mass is 685 g/mol. The van der Waals surface area contributed by atoms with Gasteiger partial charge in [0, 0.05) is 22.5 Å². The molecular weight excluding hydrogens is 652 g/mol. The molecule has 3 aromatic rings. The summed E-state index contributed by atoms with van der Waals surface area (Å²) in [5.41, 5.74) is 2.60. The smallest absolute Gasteiger partial charge is 0.260 e. The van der Waals surface area contributed by atoms with Crippen molar-refractivity contribution in [2.45, 2.75) is 62.3 Å². The minimum Gasteiger partial charge on any atom is -0.505 e. The minimum absolute atomic E-state index is 0.0614. The van der Waals surface area contributed by atoms with Crippen LogP contribution >= 0.6 is 11.6 Å². The SMILES string of the molecule is O=C1[C@@H]2C[C@@H]3C(=CC[C@@H]4C(=O)N(C5CCCCC5)C(=O)[C@@H]43)[C@H](c3cccc(F)c3O)[C@]2(c2ccc(Cl)cc2)C(=O)N1Nc1ccc(F)cc1. The topological polar surface area (TPSA) is 107 Å². The van der Waals surface area contributed by atoms with Gasteiger partial charge in [-0.1, -0.05) is 66.8 Å². The number of nitrogens with zero attached hydrogens (tertiary/aromatic N) is 2. The summed E-state index contributed by atoms with van der Waals surface area (Å²) in [4.78, 5) is 59.5. The second-order valence-electron chi connectivity index (χ2n) is 13.9. The number of hydrazine groups is 1. The molecule has 6 atom stereocenters. The third-order valence-corrected chi connectivity index (χ3v) is 11.8. The van der Waals surface area contributed by atoms with E-state index in [0.29, 0.717) is 16.2 Å². The number of imide groups is 2. The molecule has 2 heterocycles. The number of carbonyl (C=O) groups is 4. The van der Waals surface area contributed by atoms with Crippen molar-refractivity contribution in [3.05, 3.63) is 106 Å². The summed E-state index contributed by atoms with van der Waals surface area (Å²) in [6.45, 7) is 0. The first kappa shape index (κ1) is 31.7. The molecular formula is C38H34ClF2N3O5. The Kier molecular flexibility index (Phi) is 7.62. The van der Waals surface area contributed by atoms with Gasteiger partial charge in [-0.2, -0.15) is 5.01 Å². The number of aromatic hydroxyl groups is 1. The van der Waals surface area contributed by atoms with E-state index in [0.717, 1.165) is 43.2 Å². The fourth-order valence-electron chi connectivity index (χ4n) is 9.49. The van der Waals surface area contributed by atoms with Gasteiger partial charge in [0.05, 0.1) is 28.9 Å². The third kappa shape index (κ3) is 4.66. The molecule has 3 aromatic carbocycles. The lowest BCUT2D eigenvalue weighted by molar-refractivity contribution is -0.144. The zero-order chi connectivity index (χ0) is 34.2. The number of benzene rings is 3. The number of halogens is 3. The highest BCUT2D eigenvalue weighted by atomic mass is 35.5. The number of anilines is 1. The van der Waals surface area contributed by atoms with E-state index in [2.05, 4.69) is 5.43 Å². The first-order valence-electron chi connectivity index (χ1n) is 16.8. The number of hydrogen-bond acceptors (Lipinski definition) is 6. The van der Waals surface area contributed by atoms with E-state index in [1.807, 2.05) is 6.08 Å². The van der Waals surface area contributed by atoms with Crippen LogP contribution in [0.15, 0.2) is 78.4 Å². The Hall–Kier alpha value is -4.57. The third-order valence-electron chi connectivity index (χ3n) is 11.6. The maximum atomic E-state index is 15.2. The van der Waals surface area contributed by atoms with Crippen LogP contribution in [0.1, 0.15) is 62.0 Å². The summed E-state index contributed by atoms with van der Waals surface area (Å²) in [5, 5.41) is 12.6. The number of likely N-dealkylation sites (tertiary alicyclic amines) is 1. The molecule has 2 saturated carbocycles. The zero-order valence-electron chi connectivity index (χ0n) is 26.5. The van der Waals surface area contributed by atoms with Crippen molar-refractivity contribution in [1.82, 2.24) is 9.91 Å². The molecule has 2 saturated heterocycles. The number of amides is 4. The Morgan fingerprint density at radius 1 is 0.837 bits per heavy atom. The molecule has 252 valence electrons. The largest absolute Gasteiger partial charge is 0.505 e. The van der Waals surface area contributed by atoms with Gasteiger partial charge < -0.3 is 5.11 Å². The Bertz CT molecular complexity index is 1910. The molecule has 2 aliphatic heterocycles.